The number of nitrogens with one attached hydrogen (secondary N) is 1. The minimum absolute atomic E-state index is 0.153. The maximum atomic E-state index is 13.5. The fraction of sp³-hybridized carbons (Fsp3) is 0.231. The van der Waals surface area contributed by atoms with Crippen LogP contribution in [0.1, 0.15) is 34.0 Å². The molecule has 1 amide bonds. The quantitative estimate of drug-likeness (QED) is 0.907. The number of halogens is 1. The number of anilines is 1. The van der Waals surface area contributed by atoms with Gasteiger partial charge in [-0.2, -0.15) is 0 Å². The summed E-state index contributed by atoms with van der Waals surface area (Å²) in [5, 5.41) is 4.80. The number of aryl methyl sites for hydroxylation is 1. The molecule has 1 heterocycles. The van der Waals surface area contributed by atoms with Crippen LogP contribution in [-0.4, -0.2) is 10.9 Å². The number of carbonyl (C=O) groups is 1. The number of benzene rings is 1. The van der Waals surface area contributed by atoms with Crippen LogP contribution in [0.2, 0.25) is 0 Å². The van der Waals surface area contributed by atoms with Crippen molar-refractivity contribution in [2.24, 2.45) is 5.73 Å². The molecule has 19 heavy (non-hydrogen) atoms. The van der Waals surface area contributed by atoms with Crippen molar-refractivity contribution in [1.29, 1.82) is 0 Å². The van der Waals surface area contributed by atoms with Crippen molar-refractivity contribution in [2.45, 2.75) is 19.9 Å². The Labute approximate surface area is 114 Å². The van der Waals surface area contributed by atoms with Gasteiger partial charge in [-0.05, 0) is 31.5 Å². The minimum Gasteiger partial charge on any atom is -0.322 e. The molecule has 0 aliphatic carbocycles. The highest BCUT2D eigenvalue weighted by Gasteiger charge is 2.14. The van der Waals surface area contributed by atoms with E-state index in [1.54, 1.807) is 24.4 Å². The van der Waals surface area contributed by atoms with E-state index in [0.717, 1.165) is 5.56 Å². The number of thiazole rings is 1. The molecule has 2 aromatic rings. The Morgan fingerprint density at radius 1 is 1.53 bits per heavy atom. The molecule has 1 unspecified atom stereocenters. The highest BCUT2D eigenvalue weighted by atomic mass is 32.1. The van der Waals surface area contributed by atoms with Crippen molar-refractivity contribution in [1.82, 2.24) is 4.98 Å². The molecule has 0 saturated carbocycles. The largest absolute Gasteiger partial charge is 0.322 e. The average Bonchev–Trinajstić information content (AvgIpc) is 2.83. The molecule has 1 aromatic carbocycles. The minimum atomic E-state index is -0.471. The maximum Gasteiger partial charge on any atom is 0.275 e. The Kier molecular flexibility index (Phi) is 3.92. The third-order valence-electron chi connectivity index (χ3n) is 2.51. The van der Waals surface area contributed by atoms with Gasteiger partial charge in [-0.15, -0.1) is 11.3 Å². The van der Waals surface area contributed by atoms with Gasteiger partial charge < -0.3 is 11.1 Å². The molecule has 0 radical (unpaired) electrons. The van der Waals surface area contributed by atoms with Crippen molar-refractivity contribution in [3.05, 3.63) is 45.7 Å². The highest BCUT2D eigenvalue weighted by molar-refractivity contribution is 7.09. The summed E-state index contributed by atoms with van der Waals surface area (Å²) in [5.41, 5.74) is 6.95. The summed E-state index contributed by atoms with van der Waals surface area (Å²) in [4.78, 5) is 16.1. The van der Waals surface area contributed by atoms with E-state index in [1.165, 1.54) is 17.4 Å². The molecule has 2 rings (SSSR count). The second kappa shape index (κ2) is 5.46. The van der Waals surface area contributed by atoms with E-state index in [4.69, 9.17) is 5.73 Å². The first-order valence-corrected chi connectivity index (χ1v) is 6.64. The van der Waals surface area contributed by atoms with Gasteiger partial charge in [0.2, 0.25) is 0 Å². The second-order valence-electron chi connectivity index (χ2n) is 4.30. The van der Waals surface area contributed by atoms with Crippen molar-refractivity contribution in [2.75, 3.05) is 5.32 Å². The van der Waals surface area contributed by atoms with E-state index in [0.29, 0.717) is 5.01 Å². The third-order valence-corrected chi connectivity index (χ3v) is 3.56. The summed E-state index contributed by atoms with van der Waals surface area (Å²) in [6.45, 7) is 3.62. The van der Waals surface area contributed by atoms with Gasteiger partial charge in [0.15, 0.2) is 0 Å². The Bertz CT molecular complexity index is 610. The molecule has 0 spiro atoms. The molecule has 0 aliphatic rings. The zero-order valence-electron chi connectivity index (χ0n) is 10.6. The van der Waals surface area contributed by atoms with Gasteiger partial charge in [-0.25, -0.2) is 9.37 Å². The van der Waals surface area contributed by atoms with Crippen LogP contribution >= 0.6 is 11.3 Å². The number of aromatic nitrogens is 1. The Morgan fingerprint density at radius 3 is 2.89 bits per heavy atom. The Hall–Kier alpha value is -1.79. The van der Waals surface area contributed by atoms with Gasteiger partial charge >= 0.3 is 0 Å². The molecule has 100 valence electrons. The molecular formula is C13H14FN3OS. The van der Waals surface area contributed by atoms with Gasteiger partial charge in [-0.3, -0.25) is 4.79 Å². The fourth-order valence-electron chi connectivity index (χ4n) is 1.52. The van der Waals surface area contributed by atoms with E-state index in [9.17, 15) is 9.18 Å². The maximum absolute atomic E-state index is 13.5. The smallest absolute Gasteiger partial charge is 0.275 e. The van der Waals surface area contributed by atoms with Crippen LogP contribution < -0.4 is 11.1 Å². The predicted octanol–water partition coefficient (Wildman–Crippen LogP) is 2.86. The van der Waals surface area contributed by atoms with E-state index < -0.39 is 11.7 Å². The summed E-state index contributed by atoms with van der Waals surface area (Å²) < 4.78 is 13.5. The number of hydrogen-bond donors (Lipinski definition) is 2. The SMILES string of the molecule is Cc1ccc(F)c(NC(=O)c2csc(C(C)N)n2)c1. The van der Waals surface area contributed by atoms with Crippen LogP contribution in [0, 0.1) is 12.7 Å². The van der Waals surface area contributed by atoms with Gasteiger partial charge in [0.1, 0.15) is 16.5 Å². The van der Waals surface area contributed by atoms with Crippen LogP contribution in [0.25, 0.3) is 0 Å². The molecule has 0 fully saturated rings. The second-order valence-corrected chi connectivity index (χ2v) is 5.19. The van der Waals surface area contributed by atoms with E-state index in [2.05, 4.69) is 10.3 Å². The van der Waals surface area contributed by atoms with Crippen molar-refractivity contribution in [3.63, 3.8) is 0 Å². The number of carbonyl (C=O) groups excluding carboxylic acids is 1. The lowest BCUT2D eigenvalue weighted by atomic mass is 10.2. The monoisotopic (exact) mass is 279 g/mol. The van der Waals surface area contributed by atoms with Crippen LogP contribution in [0.4, 0.5) is 10.1 Å². The van der Waals surface area contributed by atoms with Crippen LogP contribution in [0.15, 0.2) is 23.6 Å². The molecule has 0 aliphatic heterocycles. The lowest BCUT2D eigenvalue weighted by Crippen LogP contribution is -2.14. The van der Waals surface area contributed by atoms with Gasteiger partial charge in [0.25, 0.3) is 5.91 Å². The highest BCUT2D eigenvalue weighted by Crippen LogP contribution is 2.19. The number of amides is 1. The summed E-state index contributed by atoms with van der Waals surface area (Å²) in [6, 6.07) is 4.32. The standard InChI is InChI=1S/C13H14FN3OS/c1-7-3-4-9(14)10(5-7)16-12(18)11-6-19-13(17-11)8(2)15/h3-6,8H,15H2,1-2H3,(H,16,18). The third kappa shape index (κ3) is 3.15. The number of nitrogens with two attached hydrogens (primary N) is 1. The van der Waals surface area contributed by atoms with Crippen LogP contribution in [0.3, 0.4) is 0 Å². The Balaban J connectivity index is 2.18. The molecule has 1 atom stereocenters. The Morgan fingerprint density at radius 2 is 2.26 bits per heavy atom. The number of hydrogen-bond acceptors (Lipinski definition) is 4. The topological polar surface area (TPSA) is 68.0 Å². The van der Waals surface area contributed by atoms with E-state index in [-0.39, 0.29) is 17.4 Å². The number of nitrogens with zero attached hydrogens (tertiary/aromatic N) is 1. The normalized spacial score (nSPS) is 12.2. The molecule has 0 saturated heterocycles. The van der Waals surface area contributed by atoms with E-state index >= 15 is 0 Å². The van der Waals surface area contributed by atoms with Crippen molar-refractivity contribution in [3.8, 4) is 0 Å². The molecule has 6 heteroatoms. The van der Waals surface area contributed by atoms with Crippen LogP contribution in [0.5, 0.6) is 0 Å². The predicted molar refractivity (Wildman–Crippen MR) is 73.8 cm³/mol. The lowest BCUT2D eigenvalue weighted by molar-refractivity contribution is 0.102. The fourth-order valence-corrected chi connectivity index (χ4v) is 2.28. The van der Waals surface area contributed by atoms with E-state index in [1.807, 2.05) is 6.92 Å². The molecule has 3 N–H and O–H groups in total. The first kappa shape index (κ1) is 13.6. The first-order valence-electron chi connectivity index (χ1n) is 5.76. The lowest BCUT2D eigenvalue weighted by Gasteiger charge is -2.05. The molecular weight excluding hydrogens is 265 g/mol. The van der Waals surface area contributed by atoms with Crippen LogP contribution in [-0.2, 0) is 0 Å². The van der Waals surface area contributed by atoms with Gasteiger partial charge in [-0.1, -0.05) is 6.07 Å². The van der Waals surface area contributed by atoms with Gasteiger partial charge in [0.05, 0.1) is 11.7 Å². The van der Waals surface area contributed by atoms with Crippen molar-refractivity contribution < 1.29 is 9.18 Å². The van der Waals surface area contributed by atoms with Crippen molar-refractivity contribution >= 4 is 22.9 Å². The van der Waals surface area contributed by atoms with Gasteiger partial charge in [0, 0.05) is 5.38 Å². The summed E-state index contributed by atoms with van der Waals surface area (Å²) in [7, 11) is 0. The zero-order valence-corrected chi connectivity index (χ0v) is 11.4. The summed E-state index contributed by atoms with van der Waals surface area (Å²) in [6.07, 6.45) is 0. The average molecular weight is 279 g/mol. The molecule has 1 aromatic heterocycles. The summed E-state index contributed by atoms with van der Waals surface area (Å²) >= 11 is 1.31. The summed E-state index contributed by atoms with van der Waals surface area (Å²) in [5.74, 6) is -0.908. The zero-order chi connectivity index (χ0) is 14.0. The molecule has 4 nitrogen and oxygen atoms in total. The first-order chi connectivity index (χ1) is 8.97. The molecule has 0 bridgehead atoms. The number of rotatable bonds is 3.